The average molecular weight is 373 g/mol. The molecule has 0 unspecified atom stereocenters. The van der Waals surface area contributed by atoms with Crippen LogP contribution in [0.1, 0.15) is 25.0 Å². The summed E-state index contributed by atoms with van der Waals surface area (Å²) < 4.78 is 5.51. The number of benzene rings is 3. The number of fused-ring (bicyclic) bond motifs is 2. The van der Waals surface area contributed by atoms with E-state index in [1.807, 2.05) is 73.7 Å². The Kier molecular flexibility index (Phi) is 4.86. The lowest BCUT2D eigenvalue weighted by molar-refractivity contribution is -0.153. The van der Waals surface area contributed by atoms with E-state index in [9.17, 15) is 9.59 Å². The van der Waals surface area contributed by atoms with Crippen molar-refractivity contribution in [2.24, 2.45) is 0 Å². The minimum atomic E-state index is -0.823. The Morgan fingerprint density at radius 1 is 1.04 bits per heavy atom. The van der Waals surface area contributed by atoms with E-state index in [1.54, 1.807) is 11.8 Å². The van der Waals surface area contributed by atoms with Gasteiger partial charge >= 0.3 is 5.97 Å². The highest BCUT2D eigenvalue weighted by molar-refractivity contribution is 6.00. The largest absolute Gasteiger partial charge is 0.452 e. The maximum Gasteiger partial charge on any atom is 0.311 e. The number of carbonyl (C=O) groups is 2. The number of hydrogen-bond donors (Lipinski definition) is 0. The molecule has 4 nitrogen and oxygen atoms in total. The number of hydrogen-bond acceptors (Lipinski definition) is 3. The molecule has 0 saturated carbocycles. The molecule has 0 bridgehead atoms. The highest BCUT2D eigenvalue weighted by Crippen LogP contribution is 2.32. The van der Waals surface area contributed by atoms with Crippen LogP contribution in [0.15, 0.2) is 66.7 Å². The van der Waals surface area contributed by atoms with Crippen molar-refractivity contribution in [3.8, 4) is 0 Å². The third kappa shape index (κ3) is 3.38. The molecule has 3 aromatic rings. The number of anilines is 1. The fourth-order valence-electron chi connectivity index (χ4n) is 3.99. The maximum absolute atomic E-state index is 13.0. The lowest BCUT2D eigenvalue weighted by Crippen LogP contribution is -2.43. The van der Waals surface area contributed by atoms with Gasteiger partial charge < -0.3 is 9.64 Å². The number of esters is 1. The number of amides is 1. The average Bonchev–Trinajstić information content (AvgIpc) is 3.03. The molecule has 0 N–H and O–H groups in total. The van der Waals surface area contributed by atoms with Crippen molar-refractivity contribution in [2.75, 3.05) is 4.90 Å². The van der Waals surface area contributed by atoms with E-state index < -0.39 is 12.1 Å². The van der Waals surface area contributed by atoms with Crippen LogP contribution in [-0.2, 0) is 27.2 Å². The minimum absolute atomic E-state index is 0.0594. The zero-order chi connectivity index (χ0) is 19.7. The molecule has 1 amide bonds. The Morgan fingerprint density at radius 2 is 1.75 bits per heavy atom. The van der Waals surface area contributed by atoms with Crippen molar-refractivity contribution >= 4 is 28.3 Å². The quantitative estimate of drug-likeness (QED) is 0.641. The lowest BCUT2D eigenvalue weighted by Gasteiger charge is -2.26. The number of ether oxygens (including phenoxy) is 1. The van der Waals surface area contributed by atoms with Crippen LogP contribution in [0.2, 0.25) is 0 Å². The number of rotatable bonds is 4. The SMILES string of the molecule is C[C@H](OC(=O)Cc1cccc2ccccc12)C(=O)N1c2ccccc2C[C@@H]1C. The molecule has 28 heavy (non-hydrogen) atoms. The van der Waals surface area contributed by atoms with Crippen LogP contribution in [0.3, 0.4) is 0 Å². The smallest absolute Gasteiger partial charge is 0.311 e. The van der Waals surface area contributed by atoms with E-state index in [0.717, 1.165) is 34.0 Å². The van der Waals surface area contributed by atoms with Gasteiger partial charge in [-0.15, -0.1) is 0 Å². The van der Waals surface area contributed by atoms with E-state index in [-0.39, 0.29) is 18.4 Å². The summed E-state index contributed by atoms with van der Waals surface area (Å²) in [6.07, 6.45) is 0.139. The van der Waals surface area contributed by atoms with Crippen LogP contribution in [0.5, 0.6) is 0 Å². The Labute approximate surface area is 164 Å². The van der Waals surface area contributed by atoms with Gasteiger partial charge in [0.05, 0.1) is 6.42 Å². The summed E-state index contributed by atoms with van der Waals surface area (Å²) in [5.41, 5.74) is 2.97. The number of para-hydroxylation sites is 1. The zero-order valence-corrected chi connectivity index (χ0v) is 16.1. The minimum Gasteiger partial charge on any atom is -0.452 e. The van der Waals surface area contributed by atoms with Gasteiger partial charge in [-0.2, -0.15) is 0 Å². The first-order valence-corrected chi connectivity index (χ1v) is 9.61. The van der Waals surface area contributed by atoms with Gasteiger partial charge in [0.2, 0.25) is 0 Å². The van der Waals surface area contributed by atoms with Crippen molar-refractivity contribution in [3.63, 3.8) is 0 Å². The van der Waals surface area contributed by atoms with E-state index in [0.29, 0.717) is 0 Å². The molecule has 1 aliphatic heterocycles. The van der Waals surface area contributed by atoms with Crippen LogP contribution in [0.25, 0.3) is 10.8 Å². The molecular weight excluding hydrogens is 350 g/mol. The predicted octanol–water partition coefficient (Wildman–Crippen LogP) is 4.29. The second-order valence-corrected chi connectivity index (χ2v) is 7.34. The Balaban J connectivity index is 1.47. The molecule has 3 aromatic carbocycles. The second-order valence-electron chi connectivity index (χ2n) is 7.34. The summed E-state index contributed by atoms with van der Waals surface area (Å²) in [6.45, 7) is 3.67. The first kappa shape index (κ1) is 18.2. The van der Waals surface area contributed by atoms with Crippen LogP contribution in [-0.4, -0.2) is 24.0 Å². The Morgan fingerprint density at radius 3 is 2.61 bits per heavy atom. The fraction of sp³-hybridized carbons (Fsp3) is 0.250. The third-order valence-electron chi connectivity index (χ3n) is 5.32. The van der Waals surface area contributed by atoms with E-state index in [1.165, 1.54) is 0 Å². The Bertz CT molecular complexity index is 1040. The lowest BCUT2D eigenvalue weighted by atomic mass is 10.0. The molecule has 1 aliphatic rings. The second kappa shape index (κ2) is 7.47. The van der Waals surface area contributed by atoms with Crippen LogP contribution in [0.4, 0.5) is 5.69 Å². The first-order chi connectivity index (χ1) is 13.5. The van der Waals surface area contributed by atoms with Crippen molar-refractivity contribution in [2.45, 2.75) is 38.8 Å². The summed E-state index contributed by atoms with van der Waals surface area (Å²) in [6, 6.07) is 21.8. The monoisotopic (exact) mass is 373 g/mol. The van der Waals surface area contributed by atoms with Gasteiger partial charge in [0.15, 0.2) is 6.10 Å². The molecule has 4 rings (SSSR count). The van der Waals surface area contributed by atoms with Crippen molar-refractivity contribution < 1.29 is 14.3 Å². The van der Waals surface area contributed by atoms with Gasteiger partial charge in [-0.05, 0) is 48.2 Å². The topological polar surface area (TPSA) is 46.6 Å². The molecule has 0 fully saturated rings. The molecule has 0 radical (unpaired) electrons. The predicted molar refractivity (Wildman–Crippen MR) is 110 cm³/mol. The molecule has 142 valence electrons. The van der Waals surface area contributed by atoms with Gasteiger partial charge in [0.25, 0.3) is 5.91 Å². The highest BCUT2D eigenvalue weighted by Gasteiger charge is 2.34. The molecule has 4 heteroatoms. The fourth-order valence-corrected chi connectivity index (χ4v) is 3.99. The third-order valence-corrected chi connectivity index (χ3v) is 5.32. The van der Waals surface area contributed by atoms with Crippen LogP contribution >= 0.6 is 0 Å². The molecule has 2 atom stereocenters. The molecule has 0 aromatic heterocycles. The van der Waals surface area contributed by atoms with Gasteiger partial charge in [0.1, 0.15) is 0 Å². The molecule has 0 saturated heterocycles. The summed E-state index contributed by atoms with van der Waals surface area (Å²) in [4.78, 5) is 27.2. The summed E-state index contributed by atoms with van der Waals surface area (Å²) >= 11 is 0. The first-order valence-electron chi connectivity index (χ1n) is 9.61. The summed E-state index contributed by atoms with van der Waals surface area (Å²) in [7, 11) is 0. The zero-order valence-electron chi connectivity index (χ0n) is 16.1. The molecular formula is C24H23NO3. The van der Waals surface area contributed by atoms with Gasteiger partial charge in [-0.25, -0.2) is 0 Å². The number of nitrogens with zero attached hydrogens (tertiary/aromatic N) is 1. The summed E-state index contributed by atoms with van der Waals surface area (Å²) in [5.74, 6) is -0.568. The molecule has 0 spiro atoms. The molecule has 1 heterocycles. The summed E-state index contributed by atoms with van der Waals surface area (Å²) in [5, 5.41) is 2.11. The highest BCUT2D eigenvalue weighted by atomic mass is 16.5. The number of carbonyl (C=O) groups excluding carboxylic acids is 2. The van der Waals surface area contributed by atoms with E-state index in [2.05, 4.69) is 0 Å². The van der Waals surface area contributed by atoms with Crippen LogP contribution < -0.4 is 4.90 Å². The van der Waals surface area contributed by atoms with E-state index >= 15 is 0 Å². The standard InChI is InChI=1S/C24H23NO3/c1-16-14-20-9-4-6-13-22(20)25(16)24(27)17(2)28-23(26)15-19-11-7-10-18-8-3-5-12-21(18)19/h3-13,16-17H,14-15H2,1-2H3/t16-,17-/m0/s1. The van der Waals surface area contributed by atoms with E-state index in [4.69, 9.17) is 4.74 Å². The normalized spacial score (nSPS) is 16.6. The van der Waals surface area contributed by atoms with Gasteiger partial charge in [-0.1, -0.05) is 60.7 Å². The van der Waals surface area contributed by atoms with Crippen molar-refractivity contribution in [1.82, 2.24) is 0 Å². The van der Waals surface area contributed by atoms with Crippen molar-refractivity contribution in [1.29, 1.82) is 0 Å². The van der Waals surface area contributed by atoms with Crippen molar-refractivity contribution in [3.05, 3.63) is 77.9 Å². The molecule has 0 aliphatic carbocycles. The van der Waals surface area contributed by atoms with Gasteiger partial charge in [-0.3, -0.25) is 9.59 Å². The van der Waals surface area contributed by atoms with Crippen LogP contribution in [0, 0.1) is 0 Å². The van der Waals surface area contributed by atoms with Gasteiger partial charge in [0, 0.05) is 11.7 Å². The maximum atomic E-state index is 13.0. The Hall–Kier alpha value is -3.14.